The Labute approximate surface area is 193 Å². The zero-order valence-electron chi connectivity index (χ0n) is 18.7. The van der Waals surface area contributed by atoms with E-state index in [1.54, 1.807) is 30.1 Å². The molecule has 1 atom stereocenters. The summed E-state index contributed by atoms with van der Waals surface area (Å²) in [7, 11) is 1.58. The molecule has 0 saturated carbocycles. The van der Waals surface area contributed by atoms with E-state index in [0.29, 0.717) is 17.4 Å². The van der Waals surface area contributed by atoms with Crippen LogP contribution in [-0.4, -0.2) is 44.1 Å². The van der Waals surface area contributed by atoms with E-state index < -0.39 is 6.36 Å². The second-order valence-electron chi connectivity index (χ2n) is 7.56. The molecule has 1 aliphatic heterocycles. The summed E-state index contributed by atoms with van der Waals surface area (Å²) in [4.78, 5) is 4.18. The largest absolute Gasteiger partial charge is 0.573 e. The normalized spacial score (nSPS) is 14.6. The van der Waals surface area contributed by atoms with Crippen LogP contribution in [0.25, 0.3) is 16.9 Å². The zero-order valence-corrected chi connectivity index (χ0v) is 18.7. The first-order chi connectivity index (χ1) is 16.2. The molecular formula is C23H22F3N5O3. The van der Waals surface area contributed by atoms with Gasteiger partial charge in [-0.3, -0.25) is 4.57 Å². The molecular weight excluding hydrogens is 451 g/mol. The average molecular weight is 473 g/mol. The maximum absolute atomic E-state index is 12.2. The van der Waals surface area contributed by atoms with Crippen molar-refractivity contribution in [3.8, 4) is 34.5 Å². The van der Waals surface area contributed by atoms with Gasteiger partial charge in [-0.05, 0) is 62.4 Å². The lowest BCUT2D eigenvalue weighted by atomic mass is 10.1. The molecule has 178 valence electrons. The van der Waals surface area contributed by atoms with Crippen molar-refractivity contribution in [3.05, 3.63) is 66.6 Å². The number of nitrogens with zero attached hydrogens (tertiary/aromatic N) is 5. The summed E-state index contributed by atoms with van der Waals surface area (Å²) in [5, 5.41) is 8.04. The van der Waals surface area contributed by atoms with Crippen LogP contribution < -0.4 is 14.2 Å². The number of methoxy groups -OCH3 is 1. The lowest BCUT2D eigenvalue weighted by Gasteiger charge is -2.08. The van der Waals surface area contributed by atoms with E-state index >= 15 is 0 Å². The van der Waals surface area contributed by atoms with Gasteiger partial charge in [0.15, 0.2) is 0 Å². The Balaban J connectivity index is 0.000000226. The van der Waals surface area contributed by atoms with E-state index in [1.807, 2.05) is 36.7 Å². The van der Waals surface area contributed by atoms with Gasteiger partial charge in [0.2, 0.25) is 0 Å². The van der Waals surface area contributed by atoms with Crippen LogP contribution in [0.1, 0.15) is 12.6 Å². The minimum atomic E-state index is -4.71. The van der Waals surface area contributed by atoms with Crippen LogP contribution in [0.3, 0.4) is 0 Å². The van der Waals surface area contributed by atoms with Gasteiger partial charge in [0, 0.05) is 11.8 Å². The number of alkyl halides is 3. The molecule has 1 unspecified atom stereocenters. The van der Waals surface area contributed by atoms with E-state index in [9.17, 15) is 13.2 Å². The summed E-state index contributed by atoms with van der Waals surface area (Å²) in [6.45, 7) is 4.96. The lowest BCUT2D eigenvalue weighted by molar-refractivity contribution is -0.274. The quantitative estimate of drug-likeness (QED) is 0.423. The minimum Gasteiger partial charge on any atom is -0.497 e. The van der Waals surface area contributed by atoms with Crippen molar-refractivity contribution in [3.63, 3.8) is 0 Å². The molecule has 5 rings (SSSR count). The number of aromatic nitrogens is 5. The molecule has 0 saturated heterocycles. The van der Waals surface area contributed by atoms with Crippen LogP contribution in [0, 0.1) is 6.92 Å². The van der Waals surface area contributed by atoms with Crippen LogP contribution >= 0.6 is 0 Å². The summed E-state index contributed by atoms with van der Waals surface area (Å²) >= 11 is 0. The highest BCUT2D eigenvalue weighted by molar-refractivity contribution is 5.59. The number of ether oxygens (including phenoxy) is 3. The molecule has 8 nitrogen and oxygen atoms in total. The monoisotopic (exact) mass is 473 g/mol. The Morgan fingerprint density at radius 3 is 2.29 bits per heavy atom. The highest BCUT2D eigenvalue weighted by atomic mass is 19.4. The first-order valence-electron chi connectivity index (χ1n) is 10.3. The molecule has 0 bridgehead atoms. The first-order valence-corrected chi connectivity index (χ1v) is 10.3. The van der Waals surface area contributed by atoms with Gasteiger partial charge in [-0.25, -0.2) is 9.67 Å². The molecule has 2 aromatic heterocycles. The number of fused-ring (bicyclic) bond motifs is 1. The number of benzene rings is 2. The van der Waals surface area contributed by atoms with Crippen molar-refractivity contribution >= 4 is 0 Å². The van der Waals surface area contributed by atoms with Crippen molar-refractivity contribution in [1.82, 2.24) is 24.5 Å². The Hall–Kier alpha value is -4.02. The SMILES string of the molecule is COc1ccc(-n2cc(-c3ccc(OC(F)(F)F)cc3)nn2)cc1.Cc1cn2c(n1)OC(C)C2. The Morgan fingerprint density at radius 2 is 1.68 bits per heavy atom. The van der Waals surface area contributed by atoms with Crippen molar-refractivity contribution in [2.75, 3.05) is 7.11 Å². The van der Waals surface area contributed by atoms with E-state index in [0.717, 1.165) is 29.7 Å². The summed E-state index contributed by atoms with van der Waals surface area (Å²) in [6, 6.07) is 13.4. The van der Waals surface area contributed by atoms with Gasteiger partial charge in [-0.1, -0.05) is 5.21 Å². The summed E-state index contributed by atoms with van der Waals surface area (Å²) < 4.78 is 54.4. The molecule has 4 aromatic rings. The Bertz CT molecular complexity index is 1210. The lowest BCUT2D eigenvalue weighted by Crippen LogP contribution is -2.16. The number of hydrogen-bond acceptors (Lipinski definition) is 6. The van der Waals surface area contributed by atoms with E-state index in [1.165, 1.54) is 24.3 Å². The third-order valence-electron chi connectivity index (χ3n) is 4.83. The number of hydrogen-bond donors (Lipinski definition) is 0. The van der Waals surface area contributed by atoms with Gasteiger partial charge in [0.1, 0.15) is 23.3 Å². The number of imidazole rings is 1. The molecule has 0 spiro atoms. The number of rotatable bonds is 4. The van der Waals surface area contributed by atoms with Crippen molar-refractivity contribution in [1.29, 1.82) is 0 Å². The van der Waals surface area contributed by atoms with Crippen LogP contribution in [0.5, 0.6) is 17.5 Å². The highest BCUT2D eigenvalue weighted by Crippen LogP contribution is 2.26. The Kier molecular flexibility index (Phi) is 6.44. The molecule has 3 heterocycles. The fourth-order valence-corrected chi connectivity index (χ4v) is 3.33. The van der Waals surface area contributed by atoms with Gasteiger partial charge in [0.25, 0.3) is 6.01 Å². The molecule has 0 N–H and O–H groups in total. The van der Waals surface area contributed by atoms with E-state index in [2.05, 4.69) is 20.0 Å². The van der Waals surface area contributed by atoms with Gasteiger partial charge >= 0.3 is 6.36 Å². The van der Waals surface area contributed by atoms with Crippen LogP contribution in [0.4, 0.5) is 13.2 Å². The molecule has 0 radical (unpaired) electrons. The minimum absolute atomic E-state index is 0.284. The molecule has 0 fully saturated rings. The summed E-state index contributed by atoms with van der Waals surface area (Å²) in [5.74, 6) is 0.438. The standard InChI is InChI=1S/C16H12F3N3O2.C7H10N2O/c1-23-13-8-4-12(5-9-13)22-10-15(20-21-22)11-2-6-14(7-3-11)24-16(17,18)19;1-5-3-9-4-6(2)10-7(9)8-5/h2-10H,1H3;3,6H,4H2,1-2H3. The molecule has 34 heavy (non-hydrogen) atoms. The van der Waals surface area contributed by atoms with Crippen LogP contribution in [0.15, 0.2) is 60.9 Å². The molecule has 1 aliphatic rings. The van der Waals surface area contributed by atoms with Gasteiger partial charge < -0.3 is 14.2 Å². The van der Waals surface area contributed by atoms with Gasteiger partial charge in [0.05, 0.1) is 31.2 Å². The summed E-state index contributed by atoms with van der Waals surface area (Å²) in [6.07, 6.45) is -0.720. The molecule has 2 aromatic carbocycles. The van der Waals surface area contributed by atoms with E-state index in [-0.39, 0.29) is 5.75 Å². The molecule has 11 heteroatoms. The third-order valence-corrected chi connectivity index (χ3v) is 4.83. The maximum Gasteiger partial charge on any atom is 0.573 e. The molecule has 0 amide bonds. The highest BCUT2D eigenvalue weighted by Gasteiger charge is 2.31. The fourth-order valence-electron chi connectivity index (χ4n) is 3.33. The Morgan fingerprint density at radius 1 is 1.00 bits per heavy atom. The van der Waals surface area contributed by atoms with Crippen LogP contribution in [-0.2, 0) is 6.54 Å². The fraction of sp³-hybridized carbons (Fsp3) is 0.261. The number of halogens is 3. The first kappa shape index (κ1) is 23.1. The third kappa shape index (κ3) is 5.66. The van der Waals surface area contributed by atoms with Crippen molar-refractivity contribution < 1.29 is 27.4 Å². The smallest absolute Gasteiger partial charge is 0.497 e. The predicted octanol–water partition coefficient (Wildman–Crippen LogP) is 4.81. The molecule has 0 aliphatic carbocycles. The van der Waals surface area contributed by atoms with E-state index in [4.69, 9.17) is 9.47 Å². The summed E-state index contributed by atoms with van der Waals surface area (Å²) in [5.41, 5.74) is 2.97. The second kappa shape index (κ2) is 9.46. The maximum atomic E-state index is 12.2. The van der Waals surface area contributed by atoms with Crippen molar-refractivity contribution in [2.45, 2.75) is 32.9 Å². The van der Waals surface area contributed by atoms with Gasteiger partial charge in [-0.15, -0.1) is 18.3 Å². The van der Waals surface area contributed by atoms with Crippen LogP contribution in [0.2, 0.25) is 0 Å². The number of aryl methyl sites for hydroxylation is 1. The topological polar surface area (TPSA) is 76.2 Å². The van der Waals surface area contributed by atoms with Gasteiger partial charge in [-0.2, -0.15) is 0 Å². The second-order valence-corrected chi connectivity index (χ2v) is 7.56. The zero-order chi connectivity index (χ0) is 24.3. The predicted molar refractivity (Wildman–Crippen MR) is 117 cm³/mol. The van der Waals surface area contributed by atoms with Crippen molar-refractivity contribution in [2.24, 2.45) is 0 Å². The average Bonchev–Trinajstić information content (AvgIpc) is 3.48.